The van der Waals surface area contributed by atoms with Crippen molar-refractivity contribution in [3.63, 3.8) is 0 Å². The molecular weight excluding hydrogens is 440 g/mol. The Bertz CT molecular complexity index is 1300. The van der Waals surface area contributed by atoms with Crippen LogP contribution in [0.5, 0.6) is 5.75 Å². The molecule has 0 bridgehead atoms. The highest BCUT2D eigenvalue weighted by Gasteiger charge is 2.16. The number of aromatic nitrogens is 1. The van der Waals surface area contributed by atoms with Crippen molar-refractivity contribution in [1.82, 2.24) is 10.3 Å². The molecule has 0 aliphatic carbocycles. The molecule has 0 spiro atoms. The molecule has 2 heterocycles. The van der Waals surface area contributed by atoms with E-state index in [0.29, 0.717) is 34.0 Å². The van der Waals surface area contributed by atoms with Crippen LogP contribution in [0, 0.1) is 0 Å². The van der Waals surface area contributed by atoms with Gasteiger partial charge in [-0.25, -0.2) is 4.98 Å². The largest absolute Gasteiger partial charge is 0.496 e. The number of carbonyl (C=O) groups excluding carboxylic acids is 3. The molecule has 0 fully saturated rings. The Balaban J connectivity index is 1.36. The van der Waals surface area contributed by atoms with Crippen LogP contribution in [-0.4, -0.2) is 29.8 Å². The molecule has 0 saturated carbocycles. The average molecular weight is 460 g/mol. The van der Waals surface area contributed by atoms with Crippen LogP contribution in [0.25, 0.3) is 11.3 Å². The maximum Gasteiger partial charge on any atom is 0.314 e. The van der Waals surface area contributed by atoms with E-state index in [1.54, 1.807) is 54.7 Å². The Labute approximate surface area is 193 Å². The second-order valence-corrected chi connectivity index (χ2v) is 7.08. The number of hydrogen-bond donors (Lipinski definition) is 3. The molecule has 10 heteroatoms. The summed E-state index contributed by atoms with van der Waals surface area (Å²) < 4.78 is 15.5. The Kier molecular flexibility index (Phi) is 6.68. The van der Waals surface area contributed by atoms with Crippen molar-refractivity contribution in [2.24, 2.45) is 0 Å². The van der Waals surface area contributed by atoms with Crippen LogP contribution in [-0.2, 0) is 16.1 Å². The molecule has 4 aromatic rings. The van der Waals surface area contributed by atoms with Gasteiger partial charge >= 0.3 is 11.8 Å². The number of furan rings is 1. The van der Waals surface area contributed by atoms with Crippen LogP contribution >= 0.6 is 0 Å². The highest BCUT2D eigenvalue weighted by atomic mass is 16.5. The highest BCUT2D eigenvalue weighted by molar-refractivity contribution is 6.43. The number of ether oxygens (including phenoxy) is 1. The molecule has 10 nitrogen and oxygen atoms in total. The van der Waals surface area contributed by atoms with E-state index in [9.17, 15) is 14.4 Å². The normalized spacial score (nSPS) is 10.4. The number of amides is 3. The molecule has 3 amide bonds. The fraction of sp³-hybridized carbons (Fsp3) is 0.0833. The van der Waals surface area contributed by atoms with E-state index in [-0.39, 0.29) is 12.5 Å². The zero-order chi connectivity index (χ0) is 23.9. The first kappa shape index (κ1) is 22.3. The third-order valence-corrected chi connectivity index (χ3v) is 4.78. The van der Waals surface area contributed by atoms with E-state index in [1.807, 2.05) is 0 Å². The van der Waals surface area contributed by atoms with Crippen molar-refractivity contribution in [2.45, 2.75) is 6.54 Å². The zero-order valence-corrected chi connectivity index (χ0v) is 18.0. The van der Waals surface area contributed by atoms with Crippen molar-refractivity contribution in [3.05, 3.63) is 84.8 Å². The summed E-state index contributed by atoms with van der Waals surface area (Å²) in [5, 5.41) is 7.83. The summed E-state index contributed by atoms with van der Waals surface area (Å²) in [7, 11) is 1.48. The minimum atomic E-state index is -0.854. The molecule has 2 aromatic carbocycles. The van der Waals surface area contributed by atoms with E-state index >= 15 is 0 Å². The van der Waals surface area contributed by atoms with Gasteiger partial charge in [0.1, 0.15) is 12.0 Å². The Morgan fingerprint density at radius 2 is 1.79 bits per heavy atom. The topological polar surface area (TPSA) is 136 Å². The van der Waals surface area contributed by atoms with Gasteiger partial charge in [0.15, 0.2) is 12.2 Å². The lowest BCUT2D eigenvalue weighted by atomic mass is 10.1. The van der Waals surface area contributed by atoms with Crippen molar-refractivity contribution in [3.8, 4) is 17.1 Å². The lowest BCUT2D eigenvalue weighted by molar-refractivity contribution is -0.132. The molecule has 4 rings (SSSR count). The summed E-state index contributed by atoms with van der Waals surface area (Å²) >= 11 is 0. The zero-order valence-electron chi connectivity index (χ0n) is 18.0. The summed E-state index contributed by atoms with van der Waals surface area (Å²) in [6.45, 7) is 0.233. The molecule has 0 atom stereocenters. The number of benzene rings is 2. The first-order chi connectivity index (χ1) is 16.5. The summed E-state index contributed by atoms with van der Waals surface area (Å²) in [5.74, 6) is -1.04. The average Bonchev–Trinajstić information content (AvgIpc) is 3.57. The standard InChI is InChI=1S/C24H20N4O6/c1-32-20-10-18(5-6-19(20)21-12-25-14-34-21)28-24(31)23(30)27-17-4-2-3-15(9-17)11-26-22(29)16-7-8-33-13-16/h2-10,12-14H,11H2,1H3,(H,26,29)(H,27,30)(H,28,31). The molecule has 0 radical (unpaired) electrons. The molecule has 34 heavy (non-hydrogen) atoms. The van der Waals surface area contributed by atoms with Crippen LogP contribution < -0.4 is 20.7 Å². The molecular formula is C24H20N4O6. The number of hydrogen-bond acceptors (Lipinski definition) is 7. The van der Waals surface area contributed by atoms with Gasteiger partial charge in [0.2, 0.25) is 0 Å². The van der Waals surface area contributed by atoms with Gasteiger partial charge in [-0.05, 0) is 35.9 Å². The van der Waals surface area contributed by atoms with Crippen LogP contribution in [0.15, 0.2) is 82.5 Å². The minimum absolute atomic E-state index is 0.233. The Morgan fingerprint density at radius 1 is 1.00 bits per heavy atom. The van der Waals surface area contributed by atoms with E-state index in [0.717, 1.165) is 5.56 Å². The number of carbonyl (C=O) groups is 3. The van der Waals surface area contributed by atoms with E-state index < -0.39 is 11.8 Å². The third-order valence-electron chi connectivity index (χ3n) is 4.78. The molecule has 3 N–H and O–H groups in total. The molecule has 0 aliphatic heterocycles. The van der Waals surface area contributed by atoms with Crippen LogP contribution in [0.4, 0.5) is 11.4 Å². The number of methoxy groups -OCH3 is 1. The van der Waals surface area contributed by atoms with Gasteiger partial charge in [-0.1, -0.05) is 12.1 Å². The Hall–Kier alpha value is -4.86. The van der Waals surface area contributed by atoms with Gasteiger partial charge in [-0.2, -0.15) is 0 Å². The SMILES string of the molecule is COc1cc(NC(=O)C(=O)Nc2cccc(CNC(=O)c3ccoc3)c2)ccc1-c1cnco1. The summed E-state index contributed by atoms with van der Waals surface area (Å²) in [4.78, 5) is 40.7. The molecule has 0 saturated heterocycles. The van der Waals surface area contributed by atoms with Gasteiger partial charge in [-0.3, -0.25) is 14.4 Å². The van der Waals surface area contributed by atoms with Crippen molar-refractivity contribution in [1.29, 1.82) is 0 Å². The fourth-order valence-corrected chi connectivity index (χ4v) is 3.13. The second-order valence-electron chi connectivity index (χ2n) is 7.08. The van der Waals surface area contributed by atoms with Gasteiger partial charge in [-0.15, -0.1) is 0 Å². The van der Waals surface area contributed by atoms with E-state index in [1.165, 1.54) is 26.0 Å². The first-order valence-corrected chi connectivity index (χ1v) is 10.1. The third kappa shape index (κ3) is 5.30. The fourth-order valence-electron chi connectivity index (χ4n) is 3.13. The summed E-state index contributed by atoms with van der Waals surface area (Å²) in [5.41, 5.74) is 2.58. The maximum atomic E-state index is 12.4. The van der Waals surface area contributed by atoms with Crippen LogP contribution in [0.2, 0.25) is 0 Å². The minimum Gasteiger partial charge on any atom is -0.496 e. The summed E-state index contributed by atoms with van der Waals surface area (Å²) in [6, 6.07) is 13.2. The van der Waals surface area contributed by atoms with Gasteiger partial charge in [0.25, 0.3) is 5.91 Å². The van der Waals surface area contributed by atoms with Crippen molar-refractivity contribution < 1.29 is 28.0 Å². The first-order valence-electron chi connectivity index (χ1n) is 10.1. The number of oxazole rings is 1. The Morgan fingerprint density at radius 3 is 2.47 bits per heavy atom. The second kappa shape index (κ2) is 10.2. The lowest BCUT2D eigenvalue weighted by Gasteiger charge is -2.11. The van der Waals surface area contributed by atoms with Gasteiger partial charge < -0.3 is 29.5 Å². The highest BCUT2D eigenvalue weighted by Crippen LogP contribution is 2.32. The van der Waals surface area contributed by atoms with Crippen molar-refractivity contribution >= 4 is 29.1 Å². The number of rotatable bonds is 7. The molecule has 2 aromatic heterocycles. The quantitative estimate of drug-likeness (QED) is 0.359. The predicted molar refractivity (Wildman–Crippen MR) is 122 cm³/mol. The molecule has 0 aliphatic rings. The number of anilines is 2. The number of nitrogens with one attached hydrogen (secondary N) is 3. The van der Waals surface area contributed by atoms with Crippen molar-refractivity contribution in [2.75, 3.05) is 17.7 Å². The molecule has 172 valence electrons. The van der Waals surface area contributed by atoms with Crippen LogP contribution in [0.1, 0.15) is 15.9 Å². The van der Waals surface area contributed by atoms with Gasteiger partial charge in [0.05, 0.1) is 30.7 Å². The predicted octanol–water partition coefficient (Wildman–Crippen LogP) is 3.45. The summed E-state index contributed by atoms with van der Waals surface area (Å²) in [6.07, 6.45) is 5.61. The van der Waals surface area contributed by atoms with E-state index in [2.05, 4.69) is 20.9 Å². The maximum absolute atomic E-state index is 12.4. The van der Waals surface area contributed by atoms with Crippen LogP contribution in [0.3, 0.4) is 0 Å². The smallest absolute Gasteiger partial charge is 0.314 e. The molecule has 0 unspecified atom stereocenters. The van der Waals surface area contributed by atoms with E-state index in [4.69, 9.17) is 13.6 Å². The monoisotopic (exact) mass is 460 g/mol. The van der Waals surface area contributed by atoms with Gasteiger partial charge in [0, 0.05) is 24.0 Å². The number of nitrogens with zero attached hydrogens (tertiary/aromatic N) is 1. The lowest BCUT2D eigenvalue weighted by Crippen LogP contribution is -2.29.